The number of benzene rings is 1. The number of nitrogens with one attached hydrogen (secondary N) is 1. The number of aliphatic carboxylic acids is 1. The summed E-state index contributed by atoms with van der Waals surface area (Å²) in [6.07, 6.45) is 6.20. The molecule has 1 aromatic heterocycles. The first-order valence-corrected chi connectivity index (χ1v) is 11.2. The molecule has 1 saturated heterocycles. The smallest absolute Gasteiger partial charge is 0.322 e. The normalized spacial score (nSPS) is 20.0. The highest BCUT2D eigenvalue weighted by Gasteiger charge is 2.52. The molecule has 33 heavy (non-hydrogen) atoms. The van der Waals surface area contributed by atoms with E-state index in [0.717, 1.165) is 48.9 Å². The molecule has 2 aliphatic rings. The van der Waals surface area contributed by atoms with Crippen LogP contribution in [-0.4, -0.2) is 50.6 Å². The quantitative estimate of drug-likeness (QED) is 0.655. The van der Waals surface area contributed by atoms with Gasteiger partial charge in [0.1, 0.15) is 6.54 Å². The lowest BCUT2D eigenvalue weighted by Gasteiger charge is -2.50. The van der Waals surface area contributed by atoms with Crippen LogP contribution in [0.25, 0.3) is 11.3 Å². The highest BCUT2D eigenvalue weighted by Crippen LogP contribution is 2.42. The van der Waals surface area contributed by atoms with Crippen molar-refractivity contribution in [2.45, 2.75) is 50.6 Å². The Bertz CT molecular complexity index is 1050. The second kappa shape index (κ2) is 9.52. The van der Waals surface area contributed by atoms with Gasteiger partial charge in [-0.15, -0.1) is 0 Å². The van der Waals surface area contributed by atoms with Crippen molar-refractivity contribution < 1.29 is 24.3 Å². The molecule has 1 spiro atoms. The second-order valence-electron chi connectivity index (χ2n) is 8.81. The van der Waals surface area contributed by atoms with Gasteiger partial charge in [0.2, 0.25) is 11.8 Å². The molecular weight excluding hydrogens is 422 g/mol. The van der Waals surface area contributed by atoms with E-state index in [2.05, 4.69) is 10.3 Å². The molecule has 1 unspecified atom stereocenters. The number of carboxylic acids is 1. The molecule has 2 amide bonds. The lowest BCUT2D eigenvalue weighted by molar-refractivity contribution is -0.162. The number of hydrogen-bond acceptors (Lipinski definition) is 5. The largest absolute Gasteiger partial charge is 0.480 e. The molecular formula is C25H27N3O5. The number of pyridine rings is 1. The van der Waals surface area contributed by atoms with Crippen molar-refractivity contribution in [2.75, 3.05) is 6.54 Å². The maximum Gasteiger partial charge on any atom is 0.322 e. The number of piperidine rings is 1. The second-order valence-corrected chi connectivity index (χ2v) is 8.81. The van der Waals surface area contributed by atoms with Crippen LogP contribution in [0.1, 0.15) is 44.1 Å². The molecule has 8 heteroatoms. The molecule has 8 nitrogen and oxygen atoms in total. The van der Waals surface area contributed by atoms with Crippen LogP contribution in [-0.2, 0) is 25.7 Å². The van der Waals surface area contributed by atoms with Gasteiger partial charge >= 0.3 is 5.97 Å². The fourth-order valence-electron chi connectivity index (χ4n) is 4.97. The Morgan fingerprint density at radius 1 is 1.06 bits per heavy atom. The predicted molar refractivity (Wildman–Crippen MR) is 120 cm³/mol. The van der Waals surface area contributed by atoms with Crippen LogP contribution in [0.4, 0.5) is 0 Å². The van der Waals surface area contributed by atoms with Gasteiger partial charge in [-0.05, 0) is 30.5 Å². The molecule has 2 N–H and O–H groups in total. The number of nitrogens with zero attached hydrogens (tertiary/aromatic N) is 2. The summed E-state index contributed by atoms with van der Waals surface area (Å²) < 4.78 is 0. The molecule has 2 heterocycles. The molecule has 1 atom stereocenters. The third-order valence-corrected chi connectivity index (χ3v) is 6.63. The summed E-state index contributed by atoms with van der Waals surface area (Å²) in [6, 6.07) is 13.5. The van der Waals surface area contributed by atoms with Gasteiger partial charge in [-0.2, -0.15) is 0 Å². The molecule has 0 bridgehead atoms. The third kappa shape index (κ3) is 4.79. The van der Waals surface area contributed by atoms with Gasteiger partial charge < -0.3 is 15.3 Å². The van der Waals surface area contributed by atoms with Gasteiger partial charge in [-0.3, -0.25) is 24.2 Å². The molecule has 2 fully saturated rings. The number of likely N-dealkylation sites (tertiary alicyclic amines) is 1. The molecule has 2 aromatic rings. The monoisotopic (exact) mass is 449 g/mol. The molecule has 1 aromatic carbocycles. The first-order chi connectivity index (χ1) is 15.9. The average Bonchev–Trinajstić information content (AvgIpc) is 2.82. The topological polar surface area (TPSA) is 117 Å². The Hall–Kier alpha value is -3.55. The van der Waals surface area contributed by atoms with Crippen LogP contribution in [0.15, 0.2) is 48.7 Å². The minimum Gasteiger partial charge on any atom is -0.480 e. The highest BCUT2D eigenvalue weighted by atomic mass is 16.4. The van der Waals surface area contributed by atoms with E-state index < -0.39 is 41.6 Å². The fourth-order valence-corrected chi connectivity index (χ4v) is 4.97. The summed E-state index contributed by atoms with van der Waals surface area (Å²) in [6.45, 7) is -0.340. The minimum atomic E-state index is -1.50. The van der Waals surface area contributed by atoms with Gasteiger partial charge in [-0.1, -0.05) is 49.6 Å². The maximum absolute atomic E-state index is 13.5. The number of carbonyl (C=O) groups is 4. The van der Waals surface area contributed by atoms with E-state index in [9.17, 15) is 19.2 Å². The summed E-state index contributed by atoms with van der Waals surface area (Å²) in [7, 11) is 0. The Labute approximate surface area is 192 Å². The Morgan fingerprint density at radius 2 is 1.79 bits per heavy atom. The summed E-state index contributed by atoms with van der Waals surface area (Å²) in [5.74, 6) is -4.53. The zero-order chi connectivity index (χ0) is 23.4. The van der Waals surface area contributed by atoms with E-state index in [-0.39, 0.29) is 13.0 Å². The van der Waals surface area contributed by atoms with Crippen molar-refractivity contribution in [3.63, 3.8) is 0 Å². The van der Waals surface area contributed by atoms with Gasteiger partial charge in [0.05, 0.1) is 11.2 Å². The average molecular weight is 450 g/mol. The van der Waals surface area contributed by atoms with Crippen LogP contribution < -0.4 is 5.32 Å². The van der Waals surface area contributed by atoms with Gasteiger partial charge in [0, 0.05) is 24.7 Å². The van der Waals surface area contributed by atoms with Gasteiger partial charge in [-0.25, -0.2) is 0 Å². The Kier molecular flexibility index (Phi) is 6.53. The summed E-state index contributed by atoms with van der Waals surface area (Å²) >= 11 is 0. The first-order valence-electron chi connectivity index (χ1n) is 11.2. The van der Waals surface area contributed by atoms with Crippen molar-refractivity contribution in [1.29, 1.82) is 0 Å². The van der Waals surface area contributed by atoms with E-state index in [0.29, 0.717) is 0 Å². The van der Waals surface area contributed by atoms with E-state index in [1.165, 1.54) is 0 Å². The minimum absolute atomic E-state index is 0.121. The number of hydrogen-bond donors (Lipinski definition) is 2. The number of amides is 2. The summed E-state index contributed by atoms with van der Waals surface area (Å²) in [4.78, 5) is 55.8. The fraction of sp³-hybridized carbons (Fsp3) is 0.400. The zero-order valence-electron chi connectivity index (χ0n) is 18.3. The molecule has 1 aliphatic heterocycles. The van der Waals surface area contributed by atoms with Gasteiger partial charge in [0.25, 0.3) is 0 Å². The van der Waals surface area contributed by atoms with Crippen LogP contribution in [0.2, 0.25) is 0 Å². The Morgan fingerprint density at radius 3 is 2.42 bits per heavy atom. The third-order valence-electron chi connectivity index (χ3n) is 6.63. The van der Waals surface area contributed by atoms with Crippen molar-refractivity contribution in [3.05, 3.63) is 54.2 Å². The molecule has 0 radical (unpaired) electrons. The first kappa shape index (κ1) is 22.6. The lowest BCUT2D eigenvalue weighted by Crippen LogP contribution is -2.63. The SMILES string of the molecule is O=C(O)CNC(=O)C1C(=O)CC2(CCCCC2)N(Cc2ccc(-c3ccccn3)cc2)C1=O. The van der Waals surface area contributed by atoms with E-state index in [1.54, 1.807) is 11.1 Å². The zero-order valence-corrected chi connectivity index (χ0v) is 18.3. The summed E-state index contributed by atoms with van der Waals surface area (Å²) in [5.41, 5.74) is 2.11. The highest BCUT2D eigenvalue weighted by molar-refractivity contribution is 6.20. The number of aromatic nitrogens is 1. The van der Waals surface area contributed by atoms with Gasteiger partial charge in [0.15, 0.2) is 11.7 Å². The standard InChI is InChI=1S/C25H27N3O5/c29-20-14-25(11-3-1-4-12-25)28(24(33)22(20)23(32)27-15-21(30)31)16-17-7-9-18(10-8-17)19-6-2-5-13-26-19/h2,5-10,13,22H,1,3-4,11-12,14-16H2,(H,27,32)(H,30,31). The molecule has 172 valence electrons. The summed E-state index contributed by atoms with van der Waals surface area (Å²) in [5, 5.41) is 11.0. The number of ketones is 1. The van der Waals surface area contributed by atoms with Crippen molar-refractivity contribution in [3.8, 4) is 11.3 Å². The van der Waals surface area contributed by atoms with E-state index in [1.807, 2.05) is 42.5 Å². The molecule has 1 aliphatic carbocycles. The van der Waals surface area contributed by atoms with Crippen LogP contribution in [0.5, 0.6) is 0 Å². The number of rotatable bonds is 6. The lowest BCUT2D eigenvalue weighted by atomic mass is 9.71. The number of carboxylic acid groups (broad SMARTS) is 1. The van der Waals surface area contributed by atoms with Crippen LogP contribution in [0, 0.1) is 5.92 Å². The predicted octanol–water partition coefficient (Wildman–Crippen LogP) is 2.57. The van der Waals surface area contributed by atoms with E-state index >= 15 is 0 Å². The van der Waals surface area contributed by atoms with Crippen molar-refractivity contribution >= 4 is 23.6 Å². The van der Waals surface area contributed by atoms with Crippen LogP contribution in [0.3, 0.4) is 0 Å². The molecule has 4 rings (SSSR count). The number of Topliss-reactive ketones (excluding diaryl/α,β-unsaturated/α-hetero) is 1. The Balaban J connectivity index is 1.59. The molecule has 1 saturated carbocycles. The van der Waals surface area contributed by atoms with E-state index in [4.69, 9.17) is 5.11 Å². The van der Waals surface area contributed by atoms with Crippen molar-refractivity contribution in [2.24, 2.45) is 5.92 Å². The number of carbonyl (C=O) groups excluding carboxylic acids is 3. The van der Waals surface area contributed by atoms with Crippen LogP contribution >= 0.6 is 0 Å². The van der Waals surface area contributed by atoms with Crippen molar-refractivity contribution in [1.82, 2.24) is 15.2 Å². The maximum atomic E-state index is 13.5.